The lowest BCUT2D eigenvalue weighted by atomic mass is 10.2. The number of benzene rings is 1. The van der Waals surface area contributed by atoms with Crippen molar-refractivity contribution in [3.8, 4) is 0 Å². The van der Waals surface area contributed by atoms with E-state index in [4.69, 9.17) is 13.8 Å². The Morgan fingerprint density at radius 3 is 2.08 bits per heavy atom. The van der Waals surface area contributed by atoms with Gasteiger partial charge >= 0.3 is 7.60 Å². The zero-order valence-corrected chi connectivity index (χ0v) is 16.3. The maximum absolute atomic E-state index is 12.9. The molecule has 0 N–H and O–H groups in total. The molecule has 1 aromatic carbocycles. The van der Waals surface area contributed by atoms with E-state index in [1.165, 1.54) is 0 Å². The van der Waals surface area contributed by atoms with Crippen LogP contribution in [-0.4, -0.2) is 50.0 Å². The Balaban J connectivity index is 2.77. The Hall–Kier alpha value is -0.710. The first-order valence-electron chi connectivity index (χ1n) is 8.82. The first kappa shape index (κ1) is 21.3. The van der Waals surface area contributed by atoms with Gasteiger partial charge in [0.15, 0.2) is 0 Å². The molecule has 0 radical (unpaired) electrons. The van der Waals surface area contributed by atoms with Crippen LogP contribution in [0.2, 0.25) is 0 Å². The van der Waals surface area contributed by atoms with E-state index in [0.717, 1.165) is 18.7 Å². The summed E-state index contributed by atoms with van der Waals surface area (Å²) in [5.41, 5.74) is 1.10. The molecule has 0 saturated heterocycles. The van der Waals surface area contributed by atoms with Crippen molar-refractivity contribution in [2.75, 3.05) is 39.0 Å². The third-order valence-electron chi connectivity index (χ3n) is 3.76. The Kier molecular flexibility index (Phi) is 10.5. The number of rotatable bonds is 13. The van der Waals surface area contributed by atoms with Crippen LogP contribution < -0.4 is 0 Å². The zero-order valence-electron chi connectivity index (χ0n) is 15.4. The number of nitrogens with zero attached hydrogens (tertiary/aromatic N) is 1. The van der Waals surface area contributed by atoms with E-state index in [-0.39, 0.29) is 12.3 Å². The first-order chi connectivity index (χ1) is 11.6. The van der Waals surface area contributed by atoms with Gasteiger partial charge < -0.3 is 18.7 Å². The average molecular weight is 357 g/mol. The summed E-state index contributed by atoms with van der Waals surface area (Å²) < 4.78 is 29.8. The molecular weight excluding hydrogens is 325 g/mol. The van der Waals surface area contributed by atoms with E-state index in [9.17, 15) is 4.57 Å². The third kappa shape index (κ3) is 7.91. The maximum Gasteiger partial charge on any atom is 0.333 e. The summed E-state index contributed by atoms with van der Waals surface area (Å²) in [6.07, 6.45) is 0.0758. The number of hydrogen-bond donors (Lipinski definition) is 0. The van der Waals surface area contributed by atoms with Gasteiger partial charge in [0, 0.05) is 6.54 Å². The zero-order chi connectivity index (χ0) is 17.8. The fraction of sp³-hybridized carbons (Fsp3) is 0.667. The topological polar surface area (TPSA) is 48.0 Å². The Labute approximate surface area is 146 Å². The predicted molar refractivity (Wildman–Crippen MR) is 98.5 cm³/mol. The van der Waals surface area contributed by atoms with Crippen LogP contribution in [0.5, 0.6) is 0 Å². The molecule has 0 aliphatic rings. The van der Waals surface area contributed by atoms with Crippen molar-refractivity contribution < 1.29 is 18.3 Å². The molecule has 1 atom stereocenters. The van der Waals surface area contributed by atoms with Crippen molar-refractivity contribution in [3.63, 3.8) is 0 Å². The molecule has 0 aromatic heterocycles. The highest BCUT2D eigenvalue weighted by Gasteiger charge is 2.30. The van der Waals surface area contributed by atoms with E-state index >= 15 is 0 Å². The van der Waals surface area contributed by atoms with Gasteiger partial charge in [0.1, 0.15) is 0 Å². The Bertz CT molecular complexity index is 469. The summed E-state index contributed by atoms with van der Waals surface area (Å²) >= 11 is 0. The number of ether oxygens (including phenoxy) is 1. The van der Waals surface area contributed by atoms with Crippen LogP contribution in [0.1, 0.15) is 33.3 Å². The second kappa shape index (κ2) is 11.8. The lowest BCUT2D eigenvalue weighted by Gasteiger charge is -2.28. The molecule has 1 unspecified atom stereocenters. The molecule has 24 heavy (non-hydrogen) atoms. The largest absolute Gasteiger partial charge is 0.372 e. The molecule has 1 aromatic rings. The monoisotopic (exact) mass is 357 g/mol. The molecule has 0 aliphatic heterocycles. The summed E-state index contributed by atoms with van der Waals surface area (Å²) in [6.45, 7) is 11.7. The lowest BCUT2D eigenvalue weighted by molar-refractivity contribution is 0.0264. The minimum Gasteiger partial charge on any atom is -0.372 e. The van der Waals surface area contributed by atoms with Gasteiger partial charge in [0.05, 0.1) is 32.1 Å². The van der Waals surface area contributed by atoms with Gasteiger partial charge in [-0.15, -0.1) is 0 Å². The summed E-state index contributed by atoms with van der Waals surface area (Å²) in [5.74, 6) is 0. The van der Waals surface area contributed by atoms with Crippen molar-refractivity contribution in [2.24, 2.45) is 0 Å². The number of hydrogen-bond acceptors (Lipinski definition) is 5. The van der Waals surface area contributed by atoms with E-state index in [1.807, 2.05) is 44.2 Å². The highest BCUT2D eigenvalue weighted by atomic mass is 31.2. The highest BCUT2D eigenvalue weighted by molar-refractivity contribution is 7.53. The molecule has 1 rings (SSSR count). The Morgan fingerprint density at radius 1 is 1.00 bits per heavy atom. The second-order valence-electron chi connectivity index (χ2n) is 5.53. The van der Waals surface area contributed by atoms with Gasteiger partial charge in [0.2, 0.25) is 0 Å². The van der Waals surface area contributed by atoms with E-state index in [2.05, 4.69) is 18.7 Å². The quantitative estimate of drug-likeness (QED) is 0.496. The molecular formula is C18H32NO4P. The second-order valence-corrected chi connectivity index (χ2v) is 7.64. The third-order valence-corrected chi connectivity index (χ3v) is 5.92. The van der Waals surface area contributed by atoms with Crippen LogP contribution in [0, 0.1) is 0 Å². The van der Waals surface area contributed by atoms with Crippen molar-refractivity contribution in [1.82, 2.24) is 4.90 Å². The predicted octanol–water partition coefficient (Wildman–Crippen LogP) is 4.18. The summed E-state index contributed by atoms with van der Waals surface area (Å²) in [6, 6.07) is 10.0. The lowest BCUT2D eigenvalue weighted by Crippen LogP contribution is -2.36. The normalized spacial score (nSPS) is 13.4. The van der Waals surface area contributed by atoms with Crippen LogP contribution >= 0.6 is 7.60 Å². The van der Waals surface area contributed by atoms with Gasteiger partial charge in [-0.2, -0.15) is 0 Å². The van der Waals surface area contributed by atoms with E-state index < -0.39 is 7.60 Å². The van der Waals surface area contributed by atoms with Gasteiger partial charge in [0.25, 0.3) is 0 Å². The molecule has 6 heteroatoms. The standard InChI is InChI=1S/C18H32NO4P/c1-5-19(6-2)14-18(16-24(20,22-7-3)23-8-4)21-15-17-12-10-9-11-13-17/h9-13,18H,5-8,14-16H2,1-4H3. The van der Waals surface area contributed by atoms with E-state index in [0.29, 0.717) is 26.4 Å². The van der Waals surface area contributed by atoms with Crippen molar-refractivity contribution >= 4 is 7.60 Å². The maximum atomic E-state index is 12.9. The molecule has 0 spiro atoms. The molecule has 0 heterocycles. The molecule has 0 bridgehead atoms. The minimum absolute atomic E-state index is 0.200. The molecule has 138 valence electrons. The van der Waals surface area contributed by atoms with Crippen LogP contribution in [-0.2, 0) is 25.0 Å². The molecule has 0 saturated carbocycles. The average Bonchev–Trinajstić information content (AvgIpc) is 2.58. The smallest absolute Gasteiger partial charge is 0.333 e. The fourth-order valence-electron chi connectivity index (χ4n) is 2.51. The summed E-state index contributed by atoms with van der Waals surface area (Å²) in [5, 5.41) is 0. The molecule has 0 amide bonds. The minimum atomic E-state index is -3.13. The highest BCUT2D eigenvalue weighted by Crippen LogP contribution is 2.49. The van der Waals surface area contributed by atoms with Crippen LogP contribution in [0.25, 0.3) is 0 Å². The summed E-state index contributed by atoms with van der Waals surface area (Å²) in [7, 11) is -3.13. The van der Waals surface area contributed by atoms with Gasteiger partial charge in [-0.05, 0) is 32.5 Å². The fourth-order valence-corrected chi connectivity index (χ4v) is 4.30. The van der Waals surface area contributed by atoms with Crippen LogP contribution in [0.4, 0.5) is 0 Å². The van der Waals surface area contributed by atoms with Gasteiger partial charge in [-0.1, -0.05) is 44.2 Å². The number of likely N-dealkylation sites (N-methyl/N-ethyl adjacent to an activating group) is 1. The molecule has 5 nitrogen and oxygen atoms in total. The molecule has 0 aliphatic carbocycles. The van der Waals surface area contributed by atoms with Gasteiger partial charge in [-0.25, -0.2) is 0 Å². The first-order valence-corrected chi connectivity index (χ1v) is 10.6. The van der Waals surface area contributed by atoms with E-state index in [1.54, 1.807) is 0 Å². The van der Waals surface area contributed by atoms with Crippen molar-refractivity contribution in [1.29, 1.82) is 0 Å². The molecule has 0 fully saturated rings. The van der Waals surface area contributed by atoms with Gasteiger partial charge in [-0.3, -0.25) is 4.57 Å². The SMILES string of the molecule is CCOP(=O)(CC(CN(CC)CC)OCc1ccccc1)OCC. The summed E-state index contributed by atoms with van der Waals surface area (Å²) in [4.78, 5) is 2.26. The van der Waals surface area contributed by atoms with Crippen LogP contribution in [0.3, 0.4) is 0 Å². The van der Waals surface area contributed by atoms with Crippen molar-refractivity contribution in [3.05, 3.63) is 35.9 Å². The van der Waals surface area contributed by atoms with Crippen LogP contribution in [0.15, 0.2) is 30.3 Å². The van der Waals surface area contributed by atoms with Crippen molar-refractivity contribution in [2.45, 2.75) is 40.4 Å². The Morgan fingerprint density at radius 2 is 1.58 bits per heavy atom.